The lowest BCUT2D eigenvalue weighted by molar-refractivity contribution is -0.157. The first kappa shape index (κ1) is 12.2. The number of nitrogens with zero attached hydrogens (tertiary/aromatic N) is 1. The molecule has 1 heterocycles. The van der Waals surface area contributed by atoms with E-state index in [2.05, 4.69) is 16.9 Å². The van der Waals surface area contributed by atoms with Crippen molar-refractivity contribution in [3.63, 3.8) is 0 Å². The Morgan fingerprint density at radius 2 is 2.12 bits per heavy atom. The number of esters is 1. The summed E-state index contributed by atoms with van der Waals surface area (Å²) in [5.41, 5.74) is 1.16. The van der Waals surface area contributed by atoms with Gasteiger partial charge in [0.05, 0.1) is 7.11 Å². The first-order valence-electron chi connectivity index (χ1n) is 5.62. The van der Waals surface area contributed by atoms with E-state index in [1.54, 1.807) is 16.7 Å². The summed E-state index contributed by atoms with van der Waals surface area (Å²) in [6.45, 7) is 1.11. The van der Waals surface area contributed by atoms with Crippen LogP contribution < -0.4 is 0 Å². The van der Waals surface area contributed by atoms with E-state index in [1.165, 1.54) is 12.0 Å². The number of amides is 1. The van der Waals surface area contributed by atoms with Crippen LogP contribution >= 0.6 is 11.8 Å². The van der Waals surface area contributed by atoms with Gasteiger partial charge in [0.15, 0.2) is 0 Å². The first-order valence-corrected chi connectivity index (χ1v) is 6.60. The number of hydrogen-bond acceptors (Lipinski definition) is 4. The minimum absolute atomic E-state index is 0.521. The fourth-order valence-electron chi connectivity index (χ4n) is 1.94. The number of ether oxygens (including phenoxy) is 1. The van der Waals surface area contributed by atoms with Gasteiger partial charge in [-0.1, -0.05) is 12.2 Å². The third-order valence-corrected chi connectivity index (χ3v) is 3.96. The van der Waals surface area contributed by atoms with Crippen LogP contribution in [0.1, 0.15) is 12.8 Å². The first-order chi connectivity index (χ1) is 8.22. The van der Waals surface area contributed by atoms with Crippen molar-refractivity contribution >= 4 is 23.6 Å². The molecule has 0 aromatic heterocycles. The Balaban J connectivity index is 2.11. The number of allylic oxidation sites excluding steroid dienone is 2. The fraction of sp³-hybridized carbons (Fsp3) is 0.500. The zero-order chi connectivity index (χ0) is 12.3. The summed E-state index contributed by atoms with van der Waals surface area (Å²) in [6.07, 6.45) is 6.45. The van der Waals surface area contributed by atoms with Gasteiger partial charge in [0.1, 0.15) is 0 Å². The predicted octanol–water partition coefficient (Wildman–Crippen LogP) is 1.34. The molecule has 0 unspecified atom stereocenters. The zero-order valence-corrected chi connectivity index (χ0v) is 10.6. The summed E-state index contributed by atoms with van der Waals surface area (Å²) in [4.78, 5) is 25.8. The van der Waals surface area contributed by atoms with Crippen LogP contribution in [0.4, 0.5) is 0 Å². The molecule has 5 heteroatoms. The second-order valence-corrected chi connectivity index (χ2v) is 5.08. The largest absolute Gasteiger partial charge is 0.462 e. The summed E-state index contributed by atoms with van der Waals surface area (Å²) in [7, 11) is 1.23. The average Bonchev–Trinajstić information content (AvgIpc) is 2.58. The van der Waals surface area contributed by atoms with Gasteiger partial charge in [-0.15, -0.1) is 11.8 Å². The van der Waals surface area contributed by atoms with E-state index in [-0.39, 0.29) is 0 Å². The molecule has 0 aromatic carbocycles. The highest BCUT2D eigenvalue weighted by atomic mass is 32.2. The molecule has 1 aliphatic heterocycles. The molecule has 92 valence electrons. The van der Waals surface area contributed by atoms with E-state index in [1.807, 2.05) is 0 Å². The topological polar surface area (TPSA) is 46.6 Å². The minimum Gasteiger partial charge on any atom is -0.462 e. The van der Waals surface area contributed by atoms with E-state index in [0.717, 1.165) is 24.2 Å². The molecular weight excluding hydrogens is 238 g/mol. The van der Waals surface area contributed by atoms with Crippen LogP contribution in [0.3, 0.4) is 0 Å². The van der Waals surface area contributed by atoms with E-state index in [4.69, 9.17) is 0 Å². The third kappa shape index (κ3) is 2.72. The summed E-state index contributed by atoms with van der Waals surface area (Å²) < 4.78 is 4.47. The number of thioether (sulfide) groups is 1. The lowest BCUT2D eigenvalue weighted by Gasteiger charge is -2.20. The number of methoxy groups -OCH3 is 1. The van der Waals surface area contributed by atoms with Crippen molar-refractivity contribution < 1.29 is 14.3 Å². The van der Waals surface area contributed by atoms with Crippen molar-refractivity contribution in [3.8, 4) is 0 Å². The Kier molecular flexibility index (Phi) is 3.89. The number of carbonyl (C=O) groups excluding carboxylic acids is 2. The highest BCUT2D eigenvalue weighted by molar-refractivity contribution is 8.03. The maximum atomic E-state index is 11.8. The lowest BCUT2D eigenvalue weighted by Crippen LogP contribution is -2.39. The molecule has 0 spiro atoms. The van der Waals surface area contributed by atoms with Crippen molar-refractivity contribution in [3.05, 3.63) is 22.6 Å². The predicted molar refractivity (Wildman–Crippen MR) is 66.5 cm³/mol. The van der Waals surface area contributed by atoms with Crippen LogP contribution in [-0.2, 0) is 14.3 Å². The van der Waals surface area contributed by atoms with Gasteiger partial charge in [-0.25, -0.2) is 4.79 Å². The molecule has 2 aliphatic rings. The maximum absolute atomic E-state index is 11.8. The number of hydrogen-bond donors (Lipinski definition) is 0. The molecule has 0 aromatic rings. The van der Waals surface area contributed by atoms with Crippen LogP contribution in [0.25, 0.3) is 0 Å². The quantitative estimate of drug-likeness (QED) is 0.483. The van der Waals surface area contributed by atoms with Crippen molar-refractivity contribution in [2.75, 3.05) is 26.0 Å². The van der Waals surface area contributed by atoms with Crippen LogP contribution in [0, 0.1) is 0 Å². The van der Waals surface area contributed by atoms with Gasteiger partial charge in [-0.2, -0.15) is 0 Å². The smallest absolute Gasteiger partial charge is 0.396 e. The van der Waals surface area contributed by atoms with Crippen LogP contribution in [0.5, 0.6) is 0 Å². The van der Waals surface area contributed by atoms with E-state index < -0.39 is 11.9 Å². The Morgan fingerprint density at radius 3 is 2.88 bits per heavy atom. The van der Waals surface area contributed by atoms with Crippen LogP contribution in [-0.4, -0.2) is 42.7 Å². The van der Waals surface area contributed by atoms with Gasteiger partial charge in [0.25, 0.3) is 0 Å². The molecule has 1 saturated heterocycles. The Hall–Kier alpha value is -1.23. The molecule has 0 saturated carbocycles. The molecule has 17 heavy (non-hydrogen) atoms. The van der Waals surface area contributed by atoms with Crippen molar-refractivity contribution in [2.45, 2.75) is 12.8 Å². The van der Waals surface area contributed by atoms with Gasteiger partial charge in [-0.05, 0) is 18.4 Å². The molecule has 1 fully saturated rings. The number of carbonyl (C=O) groups is 2. The summed E-state index contributed by atoms with van der Waals surface area (Å²) in [6, 6.07) is 0. The highest BCUT2D eigenvalue weighted by Gasteiger charge is 2.26. The fourth-order valence-corrected chi connectivity index (χ4v) is 3.04. The molecule has 1 amide bonds. The van der Waals surface area contributed by atoms with Gasteiger partial charge >= 0.3 is 11.9 Å². The van der Waals surface area contributed by atoms with Crippen LogP contribution in [0.2, 0.25) is 0 Å². The van der Waals surface area contributed by atoms with E-state index in [0.29, 0.717) is 13.1 Å². The molecular formula is C12H15NO3S. The summed E-state index contributed by atoms with van der Waals surface area (Å²) >= 11 is 1.76. The summed E-state index contributed by atoms with van der Waals surface area (Å²) in [5, 5.41) is 0. The average molecular weight is 253 g/mol. The van der Waals surface area contributed by atoms with E-state index >= 15 is 0 Å². The molecule has 2 rings (SSSR count). The molecule has 0 N–H and O–H groups in total. The molecule has 0 atom stereocenters. The monoisotopic (exact) mass is 253 g/mol. The third-order valence-electron chi connectivity index (χ3n) is 2.83. The molecule has 4 nitrogen and oxygen atoms in total. The van der Waals surface area contributed by atoms with Gasteiger partial charge in [0, 0.05) is 23.7 Å². The highest BCUT2D eigenvalue weighted by Crippen LogP contribution is 2.31. The van der Waals surface area contributed by atoms with Crippen molar-refractivity contribution in [1.29, 1.82) is 0 Å². The van der Waals surface area contributed by atoms with Crippen LogP contribution in [0.15, 0.2) is 22.6 Å². The second-order valence-electron chi connectivity index (χ2n) is 3.94. The van der Waals surface area contributed by atoms with Crippen molar-refractivity contribution in [1.82, 2.24) is 4.90 Å². The normalized spacial score (nSPS) is 19.7. The minimum atomic E-state index is -0.779. The SMILES string of the molecule is COC(=O)C(=O)N1CCSC2=CCCC=C2C1. The Bertz CT molecular complexity index is 401. The number of rotatable bonds is 0. The molecule has 1 aliphatic carbocycles. The molecule has 0 bridgehead atoms. The van der Waals surface area contributed by atoms with Gasteiger partial charge < -0.3 is 9.64 Å². The number of fused-ring (bicyclic) bond motifs is 1. The Labute approximate surface area is 105 Å². The van der Waals surface area contributed by atoms with Crippen molar-refractivity contribution in [2.24, 2.45) is 0 Å². The molecule has 0 radical (unpaired) electrons. The van der Waals surface area contributed by atoms with Gasteiger partial charge in [-0.3, -0.25) is 4.79 Å². The summed E-state index contributed by atoms with van der Waals surface area (Å²) in [5.74, 6) is -0.494. The standard InChI is InChI=1S/C12H15NO3S/c1-16-12(15)11(14)13-6-7-17-10-5-3-2-4-9(10)8-13/h4-5H,2-3,6-8H2,1H3. The van der Waals surface area contributed by atoms with E-state index in [9.17, 15) is 9.59 Å². The van der Waals surface area contributed by atoms with Gasteiger partial charge in [0.2, 0.25) is 0 Å². The maximum Gasteiger partial charge on any atom is 0.396 e. The lowest BCUT2D eigenvalue weighted by atomic mass is 10.1. The Morgan fingerprint density at radius 1 is 1.35 bits per heavy atom. The zero-order valence-electron chi connectivity index (χ0n) is 9.77. The second kappa shape index (κ2) is 5.40.